The number of amides is 1. The van der Waals surface area contributed by atoms with E-state index in [9.17, 15) is 14.1 Å². The van der Waals surface area contributed by atoms with E-state index in [4.69, 9.17) is 9.73 Å². The summed E-state index contributed by atoms with van der Waals surface area (Å²) in [7, 11) is -0.842. The number of ether oxygens (including phenoxy) is 1. The molecule has 1 atom stereocenters. The molecule has 1 N–H and O–H groups in total. The Kier molecular flexibility index (Phi) is 8.64. The molecule has 2 aromatic rings. The van der Waals surface area contributed by atoms with Crippen molar-refractivity contribution >= 4 is 40.0 Å². The number of carbonyl (C=O) groups excluding carboxylic acids is 1. The minimum absolute atomic E-state index is 0.0784. The number of phenolic OH excluding ortho intramolecular Hbond substituents is 1. The molecule has 2 fully saturated rings. The molecule has 0 spiro atoms. The van der Waals surface area contributed by atoms with E-state index in [1.807, 2.05) is 36.9 Å². The van der Waals surface area contributed by atoms with E-state index in [0.29, 0.717) is 55.9 Å². The van der Waals surface area contributed by atoms with Gasteiger partial charge < -0.3 is 19.6 Å². The minimum Gasteiger partial charge on any atom is -0.508 e. The maximum absolute atomic E-state index is 13.9. The Hall–Kier alpha value is -3.07. The van der Waals surface area contributed by atoms with E-state index in [1.165, 1.54) is 12.8 Å². The van der Waals surface area contributed by atoms with Crippen molar-refractivity contribution in [2.75, 3.05) is 44.3 Å². The van der Waals surface area contributed by atoms with Crippen molar-refractivity contribution in [3.8, 4) is 5.75 Å². The summed E-state index contributed by atoms with van der Waals surface area (Å²) in [4.78, 5) is 22.9. The lowest BCUT2D eigenvalue weighted by Gasteiger charge is -2.27. The maximum Gasteiger partial charge on any atom is 0.255 e. The molecule has 1 amide bonds. The Balaban J connectivity index is 1.40. The van der Waals surface area contributed by atoms with Gasteiger partial charge in [-0.3, -0.25) is 9.00 Å². The third kappa shape index (κ3) is 6.71. The van der Waals surface area contributed by atoms with Crippen LogP contribution in [-0.2, 0) is 15.5 Å². The van der Waals surface area contributed by atoms with Crippen molar-refractivity contribution in [3.63, 3.8) is 0 Å². The Bertz CT molecular complexity index is 1450. The number of benzene rings is 2. The van der Waals surface area contributed by atoms with Gasteiger partial charge >= 0.3 is 0 Å². The summed E-state index contributed by atoms with van der Waals surface area (Å²) in [5.74, 6) is 2.39. The molecular weight excluding hydrogens is 533 g/mol. The van der Waals surface area contributed by atoms with Crippen LogP contribution in [0.4, 0.5) is 0 Å². The van der Waals surface area contributed by atoms with Gasteiger partial charge in [0.25, 0.3) is 5.91 Å². The number of hydrogen-bond donors (Lipinski definition) is 1. The van der Waals surface area contributed by atoms with Crippen molar-refractivity contribution < 1.29 is 18.8 Å². The number of amidine groups is 1. The second kappa shape index (κ2) is 12.0. The molecule has 41 heavy (non-hydrogen) atoms. The highest BCUT2D eigenvalue weighted by atomic mass is 32.2. The van der Waals surface area contributed by atoms with Crippen molar-refractivity contribution in [1.82, 2.24) is 9.80 Å². The maximum atomic E-state index is 13.9. The first-order chi connectivity index (χ1) is 19.5. The van der Waals surface area contributed by atoms with Crippen LogP contribution >= 0.6 is 0 Å². The first-order valence-electron chi connectivity index (χ1n) is 14.8. The normalized spacial score (nSPS) is 20.8. The highest BCUT2D eigenvalue weighted by molar-refractivity contribution is 7.85. The summed E-state index contributed by atoms with van der Waals surface area (Å²) >= 11 is 0. The van der Waals surface area contributed by atoms with E-state index in [2.05, 4.69) is 25.1 Å². The lowest BCUT2D eigenvalue weighted by Crippen LogP contribution is -2.37. The number of aryl methyl sites for hydroxylation is 1. The van der Waals surface area contributed by atoms with Gasteiger partial charge in [0.2, 0.25) is 5.88 Å². The molecule has 0 aromatic heterocycles. The van der Waals surface area contributed by atoms with Gasteiger partial charge in [-0.2, -0.15) is 4.99 Å². The van der Waals surface area contributed by atoms with Gasteiger partial charge in [-0.15, -0.1) is 0 Å². The second-order valence-corrected chi connectivity index (χ2v) is 14.2. The van der Waals surface area contributed by atoms with Crippen LogP contribution in [0.3, 0.4) is 0 Å². The quantitative estimate of drug-likeness (QED) is 0.195. The molecule has 1 aliphatic carbocycles. The fraction of sp³-hybridized carbons (Fsp3) is 0.500. The van der Waals surface area contributed by atoms with Crippen molar-refractivity contribution in [1.29, 1.82) is 0 Å². The summed E-state index contributed by atoms with van der Waals surface area (Å²) in [6.07, 6.45) is 4.31. The summed E-state index contributed by atoms with van der Waals surface area (Å²) in [5.41, 5.74) is 3.79. The van der Waals surface area contributed by atoms with Crippen LogP contribution in [-0.4, -0.2) is 81.9 Å². The molecule has 0 radical (unpaired) electrons. The van der Waals surface area contributed by atoms with Crippen LogP contribution in [0.1, 0.15) is 42.1 Å². The Morgan fingerprint density at radius 2 is 1.93 bits per heavy atom. The average molecular weight is 576 g/mol. The zero-order valence-corrected chi connectivity index (χ0v) is 25.7. The zero-order chi connectivity index (χ0) is 29.3. The first-order valence-corrected chi connectivity index (χ1v) is 16.2. The van der Waals surface area contributed by atoms with E-state index in [-0.39, 0.29) is 17.1 Å². The number of hydrogen-bond acceptors (Lipinski definition) is 5. The van der Waals surface area contributed by atoms with Crippen LogP contribution in [0.25, 0.3) is 10.8 Å². The predicted molar refractivity (Wildman–Crippen MR) is 170 cm³/mol. The van der Waals surface area contributed by atoms with Crippen LogP contribution < -0.4 is 0 Å². The Morgan fingerprint density at radius 3 is 2.66 bits per heavy atom. The molecule has 1 unspecified atom stereocenters. The Labute approximate surface area is 246 Å². The van der Waals surface area contributed by atoms with E-state index >= 15 is 0 Å². The summed E-state index contributed by atoms with van der Waals surface area (Å²) < 4.78 is 18.5. The van der Waals surface area contributed by atoms with Gasteiger partial charge in [0.15, 0.2) is 0 Å². The molecule has 1 saturated carbocycles. The number of aromatic hydroxyl groups is 1. The summed E-state index contributed by atoms with van der Waals surface area (Å²) in [6, 6.07) is 9.12. The smallest absolute Gasteiger partial charge is 0.255 e. The largest absolute Gasteiger partial charge is 0.508 e. The predicted octanol–water partition coefficient (Wildman–Crippen LogP) is 5.50. The summed E-state index contributed by atoms with van der Waals surface area (Å²) in [6.45, 7) is 16.2. The molecular formula is C32H42BN3O4S. The lowest BCUT2D eigenvalue weighted by molar-refractivity contribution is 0.0798. The van der Waals surface area contributed by atoms with Gasteiger partial charge in [-0.05, 0) is 79.1 Å². The third-order valence-electron chi connectivity index (χ3n) is 8.51. The highest BCUT2D eigenvalue weighted by Crippen LogP contribution is 2.50. The van der Waals surface area contributed by atoms with Gasteiger partial charge in [-0.1, -0.05) is 38.2 Å². The van der Waals surface area contributed by atoms with Crippen molar-refractivity contribution in [2.45, 2.75) is 53.1 Å². The number of aliphatic imine (C=N–C) groups is 1. The monoisotopic (exact) mass is 575 g/mol. The Morgan fingerprint density at radius 1 is 1.15 bits per heavy atom. The lowest BCUT2D eigenvalue weighted by atomic mass is 9.49. The van der Waals surface area contributed by atoms with E-state index in [1.54, 1.807) is 12.1 Å². The van der Waals surface area contributed by atoms with Crippen molar-refractivity contribution in [3.05, 3.63) is 65.1 Å². The number of carbonyl (C=O) groups is 1. The molecule has 5 rings (SSSR count). The molecule has 2 aromatic carbocycles. The fourth-order valence-corrected chi connectivity index (χ4v) is 7.41. The summed E-state index contributed by atoms with van der Waals surface area (Å²) in [5, 5.41) is 12.1. The second-order valence-electron chi connectivity index (χ2n) is 12.5. The number of nitrogens with zero attached hydrogens (tertiary/aromatic N) is 3. The molecule has 0 bridgehead atoms. The standard InChI is InChI=1S/C32H42BN3O4S/c1-22-8-6-9-25-16-26(37)17-27(29(22)25)31(38)36-18-23(2)28(19-36)30(35-12-7-14-41(39)15-13-35)34-24(3)40-21-32(10-11-32)20-33(4)5/h6,8-9,16-17,37H,3,7,10-15,18-21H2,1-2,4-5H3/b34-30+. The van der Waals surface area contributed by atoms with Crippen LogP contribution in [0, 0.1) is 12.3 Å². The average Bonchev–Trinajstić information content (AvgIpc) is 3.62. The number of fused-ring (bicyclic) bond motifs is 1. The molecule has 9 heteroatoms. The highest BCUT2D eigenvalue weighted by Gasteiger charge is 2.44. The van der Waals surface area contributed by atoms with Crippen LogP contribution in [0.2, 0.25) is 20.0 Å². The molecule has 7 nitrogen and oxygen atoms in total. The van der Waals surface area contributed by atoms with Crippen LogP contribution in [0.15, 0.2) is 58.9 Å². The topological polar surface area (TPSA) is 82.4 Å². The van der Waals surface area contributed by atoms with Crippen LogP contribution in [0.5, 0.6) is 5.75 Å². The first kappa shape index (κ1) is 29.4. The SMILES string of the molecule is C=C(/N=C(\C1=C(C)CN(C(=O)c2cc(O)cc3cccc(C)c23)C1)N1CCCS(=O)CC1)OCC1(CB(C)C)CC1. The van der Waals surface area contributed by atoms with Gasteiger partial charge in [0, 0.05) is 54.1 Å². The number of phenols is 1. The molecule has 3 aliphatic rings. The van der Waals surface area contributed by atoms with Gasteiger partial charge in [0.1, 0.15) is 18.3 Å². The van der Waals surface area contributed by atoms with Gasteiger partial charge in [0.05, 0.1) is 12.2 Å². The number of rotatable bonds is 8. The molecule has 218 valence electrons. The van der Waals surface area contributed by atoms with Crippen molar-refractivity contribution in [2.24, 2.45) is 10.4 Å². The molecule has 2 heterocycles. The minimum atomic E-state index is -0.842. The van der Waals surface area contributed by atoms with Gasteiger partial charge in [-0.25, -0.2) is 0 Å². The molecule has 1 saturated heterocycles. The third-order valence-corrected chi connectivity index (χ3v) is 9.89. The van der Waals surface area contributed by atoms with E-state index < -0.39 is 10.8 Å². The zero-order valence-electron chi connectivity index (χ0n) is 24.9. The fourth-order valence-electron chi connectivity index (χ4n) is 6.33. The van der Waals surface area contributed by atoms with E-state index in [0.717, 1.165) is 52.6 Å². The molecule has 2 aliphatic heterocycles.